The maximum atomic E-state index is 12.0. The molecule has 1 aliphatic rings. The van der Waals surface area contributed by atoms with Gasteiger partial charge in [-0.15, -0.1) is 0 Å². The fourth-order valence-corrected chi connectivity index (χ4v) is 6.32. The highest BCUT2D eigenvalue weighted by molar-refractivity contribution is 7.23. The minimum absolute atomic E-state index is 0.0577. The first-order chi connectivity index (χ1) is 18.7. The number of carbonyl (C=O) groups excluding carboxylic acids is 1. The first kappa shape index (κ1) is 26.5. The van der Waals surface area contributed by atoms with Crippen LogP contribution in [0.15, 0.2) is 48.9 Å². The second-order valence-electron chi connectivity index (χ2n) is 10.0. The van der Waals surface area contributed by atoms with Crippen molar-refractivity contribution in [1.29, 1.82) is 0 Å². The van der Waals surface area contributed by atoms with Gasteiger partial charge in [-0.3, -0.25) is 14.7 Å². The van der Waals surface area contributed by atoms with Crippen molar-refractivity contribution in [2.75, 3.05) is 29.4 Å². The van der Waals surface area contributed by atoms with Crippen LogP contribution in [-0.2, 0) is 4.79 Å². The summed E-state index contributed by atoms with van der Waals surface area (Å²) in [6, 6.07) is 9.18. The summed E-state index contributed by atoms with van der Waals surface area (Å²) in [5.74, 6) is -0.0821. The van der Waals surface area contributed by atoms with E-state index in [2.05, 4.69) is 15.0 Å². The van der Waals surface area contributed by atoms with E-state index in [-0.39, 0.29) is 5.92 Å². The Kier molecular flexibility index (Phi) is 7.17. The molecule has 11 heteroatoms. The smallest absolute Gasteiger partial charge is 0.321 e. The van der Waals surface area contributed by atoms with Crippen molar-refractivity contribution in [3.05, 3.63) is 48.9 Å². The molecule has 0 aliphatic carbocycles. The van der Waals surface area contributed by atoms with E-state index in [1.54, 1.807) is 18.6 Å². The van der Waals surface area contributed by atoms with Crippen LogP contribution < -0.4 is 15.5 Å². The SMILES string of the molecule is CCN(C(N)=O)c1nc2cc(-c3cnc(N4CCC(C(=O)O)(C(C)C)CC4)nc3)cc(-c3ccccn3)c2s1. The second-order valence-corrected chi connectivity index (χ2v) is 11.0. The molecule has 202 valence electrons. The van der Waals surface area contributed by atoms with Gasteiger partial charge in [-0.25, -0.2) is 19.7 Å². The summed E-state index contributed by atoms with van der Waals surface area (Å²) in [4.78, 5) is 46.0. The molecule has 1 fully saturated rings. The number of piperidine rings is 1. The van der Waals surface area contributed by atoms with E-state index in [4.69, 9.17) is 10.7 Å². The minimum Gasteiger partial charge on any atom is -0.481 e. The highest BCUT2D eigenvalue weighted by atomic mass is 32.1. The van der Waals surface area contributed by atoms with Crippen LogP contribution in [0.3, 0.4) is 0 Å². The number of fused-ring (bicyclic) bond motifs is 1. The Morgan fingerprint density at radius 2 is 1.85 bits per heavy atom. The van der Waals surface area contributed by atoms with Gasteiger partial charge >= 0.3 is 12.0 Å². The van der Waals surface area contributed by atoms with Crippen LogP contribution in [0.25, 0.3) is 32.6 Å². The molecule has 4 heterocycles. The number of benzene rings is 1. The van der Waals surface area contributed by atoms with Gasteiger partial charge in [-0.2, -0.15) is 0 Å². The number of aliphatic carboxylic acids is 1. The number of anilines is 2. The normalized spacial score (nSPS) is 15.0. The Morgan fingerprint density at radius 1 is 1.13 bits per heavy atom. The number of nitrogens with two attached hydrogens (primary N) is 1. The average molecular weight is 546 g/mol. The van der Waals surface area contributed by atoms with Gasteiger partial charge < -0.3 is 15.7 Å². The number of hydrogen-bond acceptors (Lipinski definition) is 8. The van der Waals surface area contributed by atoms with E-state index < -0.39 is 17.4 Å². The summed E-state index contributed by atoms with van der Waals surface area (Å²) >= 11 is 1.40. The van der Waals surface area contributed by atoms with Crippen molar-refractivity contribution >= 4 is 44.6 Å². The third-order valence-corrected chi connectivity index (χ3v) is 8.80. The lowest BCUT2D eigenvalue weighted by Gasteiger charge is -2.41. The third-order valence-electron chi connectivity index (χ3n) is 7.67. The van der Waals surface area contributed by atoms with Crippen molar-refractivity contribution in [2.45, 2.75) is 33.6 Å². The lowest BCUT2D eigenvalue weighted by molar-refractivity contribution is -0.153. The first-order valence-electron chi connectivity index (χ1n) is 13.0. The Morgan fingerprint density at radius 3 is 2.41 bits per heavy atom. The van der Waals surface area contributed by atoms with Crippen molar-refractivity contribution in [3.8, 4) is 22.4 Å². The number of primary amides is 1. The van der Waals surface area contributed by atoms with Crippen molar-refractivity contribution in [1.82, 2.24) is 19.9 Å². The minimum atomic E-state index is -0.726. The van der Waals surface area contributed by atoms with Crippen LogP contribution in [0.1, 0.15) is 33.6 Å². The maximum absolute atomic E-state index is 12.0. The number of amides is 2. The molecule has 3 N–H and O–H groups in total. The number of aromatic nitrogens is 4. The zero-order valence-electron chi connectivity index (χ0n) is 22.2. The Balaban J connectivity index is 1.48. The second kappa shape index (κ2) is 10.6. The molecular formula is C28H31N7O3S. The van der Waals surface area contributed by atoms with Crippen LogP contribution in [0, 0.1) is 11.3 Å². The predicted octanol–water partition coefficient (Wildman–Crippen LogP) is 5.05. The topological polar surface area (TPSA) is 138 Å². The number of urea groups is 1. The molecule has 0 unspecified atom stereocenters. The zero-order chi connectivity index (χ0) is 27.7. The summed E-state index contributed by atoms with van der Waals surface area (Å²) in [5, 5.41) is 10.4. The Labute approximate surface area is 230 Å². The number of nitrogens with zero attached hydrogens (tertiary/aromatic N) is 6. The Bertz CT molecular complexity index is 1500. The molecule has 0 spiro atoms. The van der Waals surface area contributed by atoms with E-state index in [1.807, 2.05) is 56.0 Å². The predicted molar refractivity (Wildman–Crippen MR) is 153 cm³/mol. The number of hydrogen-bond donors (Lipinski definition) is 2. The molecule has 0 radical (unpaired) electrons. The molecule has 4 aromatic rings. The van der Waals surface area contributed by atoms with Gasteiger partial charge in [0.1, 0.15) is 0 Å². The summed E-state index contributed by atoms with van der Waals surface area (Å²) in [7, 11) is 0. The highest BCUT2D eigenvalue weighted by Crippen LogP contribution is 2.41. The lowest BCUT2D eigenvalue weighted by Crippen LogP contribution is -2.47. The van der Waals surface area contributed by atoms with E-state index in [0.717, 1.165) is 32.6 Å². The van der Waals surface area contributed by atoms with E-state index in [1.165, 1.54) is 16.2 Å². The zero-order valence-corrected chi connectivity index (χ0v) is 23.0. The molecule has 39 heavy (non-hydrogen) atoms. The van der Waals surface area contributed by atoms with E-state index >= 15 is 0 Å². The van der Waals surface area contributed by atoms with Gasteiger partial charge in [0.25, 0.3) is 0 Å². The van der Waals surface area contributed by atoms with E-state index in [0.29, 0.717) is 43.6 Å². The molecule has 0 atom stereocenters. The van der Waals surface area contributed by atoms with Crippen LogP contribution in [-0.4, -0.2) is 56.7 Å². The van der Waals surface area contributed by atoms with Gasteiger partial charge in [0.05, 0.1) is 21.3 Å². The van der Waals surface area contributed by atoms with Crippen LogP contribution >= 0.6 is 11.3 Å². The number of rotatable bonds is 7. The van der Waals surface area contributed by atoms with Gasteiger partial charge in [-0.1, -0.05) is 31.3 Å². The maximum Gasteiger partial charge on any atom is 0.321 e. The lowest BCUT2D eigenvalue weighted by atomic mass is 9.70. The highest BCUT2D eigenvalue weighted by Gasteiger charge is 2.44. The molecule has 10 nitrogen and oxygen atoms in total. The monoisotopic (exact) mass is 545 g/mol. The fourth-order valence-electron chi connectivity index (χ4n) is 5.18. The van der Waals surface area contributed by atoms with E-state index in [9.17, 15) is 14.7 Å². The van der Waals surface area contributed by atoms with Crippen molar-refractivity contribution in [2.24, 2.45) is 17.1 Å². The van der Waals surface area contributed by atoms with Crippen molar-refractivity contribution < 1.29 is 14.7 Å². The molecule has 0 saturated carbocycles. The Hall–Kier alpha value is -4.12. The largest absolute Gasteiger partial charge is 0.481 e. The van der Waals surface area contributed by atoms with Crippen LogP contribution in [0.5, 0.6) is 0 Å². The van der Waals surface area contributed by atoms with Gasteiger partial charge in [0, 0.05) is 49.4 Å². The third kappa shape index (κ3) is 4.89. The molecule has 1 aliphatic heterocycles. The summed E-state index contributed by atoms with van der Waals surface area (Å²) in [6.45, 7) is 7.41. The quantitative estimate of drug-likeness (QED) is 0.329. The number of thiazole rings is 1. The summed E-state index contributed by atoms with van der Waals surface area (Å²) in [6.07, 6.45) is 6.42. The number of carboxylic acid groups (broad SMARTS) is 1. The molecule has 5 rings (SSSR count). The molecule has 0 bridgehead atoms. The molecule has 1 aromatic carbocycles. The summed E-state index contributed by atoms with van der Waals surface area (Å²) in [5.41, 5.74) is 8.98. The molecular weight excluding hydrogens is 514 g/mol. The van der Waals surface area contributed by atoms with Crippen LogP contribution in [0.4, 0.5) is 15.9 Å². The van der Waals surface area contributed by atoms with Crippen molar-refractivity contribution in [3.63, 3.8) is 0 Å². The number of carboxylic acids is 1. The average Bonchev–Trinajstić information content (AvgIpc) is 3.36. The standard InChI is InChI=1S/C28H31N7O3S/c1-4-35(25(29)38)27-33-22-14-18(13-20(23(22)39-27)21-7-5-6-10-30-21)19-15-31-26(32-16-19)34-11-8-28(9-12-34,17(2)3)24(36)37/h5-7,10,13-17H,4,8-9,11-12H2,1-3H3,(H2,29,38)(H,36,37). The van der Waals surface area contributed by atoms with Gasteiger partial charge in [-0.05, 0) is 55.5 Å². The van der Waals surface area contributed by atoms with Crippen LogP contribution in [0.2, 0.25) is 0 Å². The fraction of sp³-hybridized carbons (Fsp3) is 0.357. The van der Waals surface area contributed by atoms with Gasteiger partial charge in [0.2, 0.25) is 5.95 Å². The molecule has 3 aromatic heterocycles. The molecule has 2 amide bonds. The number of carbonyl (C=O) groups is 2. The first-order valence-corrected chi connectivity index (χ1v) is 13.8. The molecule has 1 saturated heterocycles. The van der Waals surface area contributed by atoms with Gasteiger partial charge in [0.15, 0.2) is 5.13 Å². The number of pyridine rings is 1. The summed E-state index contributed by atoms with van der Waals surface area (Å²) < 4.78 is 0.907.